The minimum absolute atomic E-state index is 0.00312. The van der Waals surface area contributed by atoms with E-state index < -0.39 is 0 Å². The van der Waals surface area contributed by atoms with E-state index in [0.29, 0.717) is 6.61 Å². The number of hydrogen-bond acceptors (Lipinski definition) is 2. The van der Waals surface area contributed by atoms with Crippen LogP contribution in [0.25, 0.3) is 0 Å². The van der Waals surface area contributed by atoms with Gasteiger partial charge in [-0.15, -0.1) is 0 Å². The highest BCUT2D eigenvalue weighted by molar-refractivity contribution is 5.35. The molecule has 0 aromatic heterocycles. The molecule has 21 heavy (non-hydrogen) atoms. The maximum Gasteiger partial charge on any atom is 0.119 e. The lowest BCUT2D eigenvalue weighted by Gasteiger charge is -2.35. The molecule has 0 heterocycles. The molecule has 2 aromatic rings. The van der Waals surface area contributed by atoms with Crippen LogP contribution in [-0.4, -0.2) is 13.7 Å². The SMILES string of the molecule is CCOc1ccc(C(NC)C(C)(C)c2ccccc2)cc1. The van der Waals surface area contributed by atoms with Gasteiger partial charge in [0.05, 0.1) is 6.61 Å². The topological polar surface area (TPSA) is 21.3 Å². The van der Waals surface area contributed by atoms with E-state index in [-0.39, 0.29) is 11.5 Å². The largest absolute Gasteiger partial charge is 0.494 e. The molecule has 0 aliphatic heterocycles. The van der Waals surface area contributed by atoms with Gasteiger partial charge in [0.25, 0.3) is 0 Å². The molecule has 0 fully saturated rings. The van der Waals surface area contributed by atoms with Gasteiger partial charge >= 0.3 is 0 Å². The van der Waals surface area contributed by atoms with E-state index in [1.165, 1.54) is 11.1 Å². The first kappa shape index (κ1) is 15.6. The van der Waals surface area contributed by atoms with Gasteiger partial charge in [0.1, 0.15) is 5.75 Å². The monoisotopic (exact) mass is 283 g/mol. The minimum Gasteiger partial charge on any atom is -0.494 e. The van der Waals surface area contributed by atoms with Crippen LogP contribution in [0, 0.1) is 0 Å². The van der Waals surface area contributed by atoms with Crippen molar-refractivity contribution >= 4 is 0 Å². The normalized spacial score (nSPS) is 13.0. The molecule has 0 bridgehead atoms. The van der Waals surface area contributed by atoms with Crippen molar-refractivity contribution in [2.24, 2.45) is 0 Å². The summed E-state index contributed by atoms with van der Waals surface area (Å²) in [5, 5.41) is 3.47. The molecular formula is C19H25NO. The predicted octanol–water partition coefficient (Wildman–Crippen LogP) is 4.32. The zero-order chi connectivity index (χ0) is 15.3. The molecule has 0 radical (unpaired) electrons. The second-order valence-electron chi connectivity index (χ2n) is 5.81. The van der Waals surface area contributed by atoms with E-state index in [2.05, 4.69) is 61.6 Å². The fourth-order valence-corrected chi connectivity index (χ4v) is 2.90. The second kappa shape index (κ2) is 6.77. The third kappa shape index (κ3) is 3.45. The molecule has 0 amide bonds. The van der Waals surface area contributed by atoms with Crippen molar-refractivity contribution in [1.29, 1.82) is 0 Å². The van der Waals surface area contributed by atoms with Crippen LogP contribution in [0.15, 0.2) is 54.6 Å². The summed E-state index contributed by atoms with van der Waals surface area (Å²) >= 11 is 0. The lowest BCUT2D eigenvalue weighted by atomic mass is 9.75. The number of rotatable bonds is 6. The average molecular weight is 283 g/mol. The number of benzene rings is 2. The summed E-state index contributed by atoms with van der Waals surface area (Å²) in [4.78, 5) is 0. The molecular weight excluding hydrogens is 258 g/mol. The van der Waals surface area contributed by atoms with Crippen LogP contribution in [-0.2, 0) is 5.41 Å². The second-order valence-corrected chi connectivity index (χ2v) is 5.81. The molecule has 0 saturated heterocycles. The van der Waals surface area contributed by atoms with Crippen molar-refractivity contribution in [3.63, 3.8) is 0 Å². The predicted molar refractivity (Wildman–Crippen MR) is 88.9 cm³/mol. The Balaban J connectivity index is 2.30. The first-order chi connectivity index (χ1) is 10.1. The number of likely N-dealkylation sites (N-methyl/N-ethyl adjacent to an activating group) is 1. The molecule has 2 aromatic carbocycles. The van der Waals surface area contributed by atoms with Gasteiger partial charge in [-0.25, -0.2) is 0 Å². The Morgan fingerprint density at radius 3 is 2.14 bits per heavy atom. The standard InChI is InChI=1S/C19H25NO/c1-5-21-17-13-11-15(12-14-17)18(20-4)19(2,3)16-9-7-6-8-10-16/h6-14,18,20H,5H2,1-4H3. The van der Waals surface area contributed by atoms with Gasteiger partial charge < -0.3 is 10.1 Å². The first-order valence-electron chi connectivity index (χ1n) is 7.55. The van der Waals surface area contributed by atoms with Crippen molar-refractivity contribution in [3.05, 3.63) is 65.7 Å². The van der Waals surface area contributed by atoms with Crippen molar-refractivity contribution in [2.75, 3.05) is 13.7 Å². The number of nitrogens with one attached hydrogen (secondary N) is 1. The van der Waals surface area contributed by atoms with E-state index >= 15 is 0 Å². The summed E-state index contributed by atoms with van der Waals surface area (Å²) < 4.78 is 5.52. The summed E-state index contributed by atoms with van der Waals surface area (Å²) in [6.07, 6.45) is 0. The lowest BCUT2D eigenvalue weighted by Crippen LogP contribution is -2.35. The summed E-state index contributed by atoms with van der Waals surface area (Å²) in [5.74, 6) is 0.925. The van der Waals surface area contributed by atoms with Crippen molar-refractivity contribution in [1.82, 2.24) is 5.32 Å². The van der Waals surface area contributed by atoms with Crippen LogP contribution in [0.4, 0.5) is 0 Å². The fourth-order valence-electron chi connectivity index (χ4n) is 2.90. The highest BCUT2D eigenvalue weighted by atomic mass is 16.5. The van der Waals surface area contributed by atoms with E-state index in [9.17, 15) is 0 Å². The van der Waals surface area contributed by atoms with Gasteiger partial charge in [-0.2, -0.15) is 0 Å². The maximum absolute atomic E-state index is 5.52. The number of ether oxygens (including phenoxy) is 1. The van der Waals surface area contributed by atoms with Gasteiger partial charge in [-0.1, -0.05) is 56.3 Å². The van der Waals surface area contributed by atoms with E-state index in [4.69, 9.17) is 4.74 Å². The van der Waals surface area contributed by atoms with Crippen LogP contribution >= 0.6 is 0 Å². The fraction of sp³-hybridized carbons (Fsp3) is 0.368. The van der Waals surface area contributed by atoms with Crippen LogP contribution in [0.1, 0.15) is 37.9 Å². The Morgan fingerprint density at radius 2 is 1.62 bits per heavy atom. The van der Waals surface area contributed by atoms with E-state index in [0.717, 1.165) is 5.75 Å². The Hall–Kier alpha value is -1.80. The Kier molecular flexibility index (Phi) is 5.03. The summed E-state index contributed by atoms with van der Waals surface area (Å²) in [5.41, 5.74) is 2.61. The highest BCUT2D eigenvalue weighted by Gasteiger charge is 2.31. The Bertz CT molecular complexity index is 546. The minimum atomic E-state index is 0.00312. The van der Waals surface area contributed by atoms with Gasteiger partial charge in [-0.05, 0) is 37.2 Å². The van der Waals surface area contributed by atoms with Crippen molar-refractivity contribution in [3.8, 4) is 5.75 Å². The molecule has 2 heteroatoms. The zero-order valence-corrected chi connectivity index (χ0v) is 13.4. The molecule has 0 spiro atoms. The summed E-state index contributed by atoms with van der Waals surface area (Å²) in [7, 11) is 2.02. The molecule has 0 saturated carbocycles. The third-order valence-electron chi connectivity index (χ3n) is 4.05. The van der Waals surface area contributed by atoms with Crippen molar-refractivity contribution in [2.45, 2.75) is 32.2 Å². The molecule has 0 aliphatic rings. The summed E-state index contributed by atoms with van der Waals surface area (Å²) in [6, 6.07) is 19.3. The van der Waals surface area contributed by atoms with Crippen LogP contribution in [0.3, 0.4) is 0 Å². The van der Waals surface area contributed by atoms with Gasteiger partial charge in [-0.3, -0.25) is 0 Å². The molecule has 2 rings (SSSR count). The third-order valence-corrected chi connectivity index (χ3v) is 4.05. The molecule has 2 nitrogen and oxygen atoms in total. The highest BCUT2D eigenvalue weighted by Crippen LogP contribution is 2.37. The first-order valence-corrected chi connectivity index (χ1v) is 7.55. The number of hydrogen-bond donors (Lipinski definition) is 1. The van der Waals surface area contributed by atoms with E-state index in [1.807, 2.05) is 26.1 Å². The van der Waals surface area contributed by atoms with Crippen LogP contribution < -0.4 is 10.1 Å². The summed E-state index contributed by atoms with van der Waals surface area (Å²) in [6.45, 7) is 7.26. The van der Waals surface area contributed by atoms with Gasteiger partial charge in [0, 0.05) is 11.5 Å². The quantitative estimate of drug-likeness (QED) is 0.852. The van der Waals surface area contributed by atoms with E-state index in [1.54, 1.807) is 0 Å². The average Bonchev–Trinajstić information content (AvgIpc) is 2.51. The Morgan fingerprint density at radius 1 is 1.00 bits per heavy atom. The van der Waals surface area contributed by atoms with Crippen molar-refractivity contribution < 1.29 is 4.74 Å². The molecule has 1 N–H and O–H groups in total. The molecule has 1 atom stereocenters. The molecule has 1 unspecified atom stereocenters. The molecule has 0 aliphatic carbocycles. The maximum atomic E-state index is 5.52. The smallest absolute Gasteiger partial charge is 0.119 e. The molecule has 112 valence electrons. The Labute approximate surface area is 128 Å². The zero-order valence-electron chi connectivity index (χ0n) is 13.4. The lowest BCUT2D eigenvalue weighted by molar-refractivity contribution is 0.338. The van der Waals surface area contributed by atoms with Gasteiger partial charge in [0.2, 0.25) is 0 Å². The van der Waals surface area contributed by atoms with Crippen LogP contribution in [0.5, 0.6) is 5.75 Å². The van der Waals surface area contributed by atoms with Crippen LogP contribution in [0.2, 0.25) is 0 Å². The van der Waals surface area contributed by atoms with Gasteiger partial charge in [0.15, 0.2) is 0 Å².